The van der Waals surface area contributed by atoms with Gasteiger partial charge in [0.15, 0.2) is 0 Å². The second-order valence-corrected chi connectivity index (χ2v) is 7.88. The van der Waals surface area contributed by atoms with Crippen LogP contribution >= 0.6 is 10.7 Å². The summed E-state index contributed by atoms with van der Waals surface area (Å²) >= 11 is 0. The topological polar surface area (TPSA) is 67.2 Å². The molecule has 0 bridgehead atoms. The maximum Gasteiger partial charge on any atom is 0.261 e. The predicted octanol–water partition coefficient (Wildman–Crippen LogP) is 3.55. The second kappa shape index (κ2) is 6.02. The zero-order valence-electron chi connectivity index (χ0n) is 12.0. The quantitative estimate of drug-likeness (QED) is 0.779. The van der Waals surface area contributed by atoms with Crippen LogP contribution in [0.5, 0.6) is 5.75 Å². The van der Waals surface area contributed by atoms with Gasteiger partial charge in [-0.15, -0.1) is 0 Å². The lowest BCUT2D eigenvalue weighted by Crippen LogP contribution is -2.13. The number of ether oxygens (including phenoxy) is 1. The molecule has 6 heteroatoms. The molecule has 0 atom stereocenters. The molecular formula is C14H18ClNO3S. The summed E-state index contributed by atoms with van der Waals surface area (Å²) < 4.78 is 28.4. The van der Waals surface area contributed by atoms with Gasteiger partial charge in [-0.05, 0) is 57.4 Å². The van der Waals surface area contributed by atoms with Crippen LogP contribution < -0.4 is 4.74 Å². The highest BCUT2D eigenvalue weighted by atomic mass is 35.7. The highest BCUT2D eigenvalue weighted by Gasteiger charge is 2.19. The van der Waals surface area contributed by atoms with Crippen molar-refractivity contribution in [1.82, 2.24) is 0 Å². The zero-order valence-corrected chi connectivity index (χ0v) is 13.6. The minimum absolute atomic E-state index is 0.0985. The molecule has 1 aromatic carbocycles. The Morgan fingerprint density at radius 2 is 1.90 bits per heavy atom. The van der Waals surface area contributed by atoms with Gasteiger partial charge in [0, 0.05) is 10.7 Å². The van der Waals surface area contributed by atoms with Crippen LogP contribution in [0.3, 0.4) is 0 Å². The SMILES string of the molecule is Cc1c(OCCC(C)(C)C#N)ccc(S(=O)(=O)Cl)c1C. The summed E-state index contributed by atoms with van der Waals surface area (Å²) in [6.45, 7) is 7.56. The van der Waals surface area contributed by atoms with E-state index in [1.54, 1.807) is 19.9 Å². The van der Waals surface area contributed by atoms with Crippen LogP contribution in [0.4, 0.5) is 0 Å². The van der Waals surface area contributed by atoms with Crippen LogP contribution in [0.1, 0.15) is 31.4 Å². The van der Waals surface area contributed by atoms with Crippen molar-refractivity contribution in [2.45, 2.75) is 39.0 Å². The Balaban J connectivity index is 2.91. The molecule has 0 fully saturated rings. The number of halogens is 1. The van der Waals surface area contributed by atoms with E-state index in [-0.39, 0.29) is 4.90 Å². The number of nitrogens with zero attached hydrogens (tertiary/aromatic N) is 1. The Bertz CT molecular complexity index is 645. The maximum absolute atomic E-state index is 11.4. The van der Waals surface area contributed by atoms with E-state index >= 15 is 0 Å². The number of hydrogen-bond acceptors (Lipinski definition) is 4. The van der Waals surface area contributed by atoms with Crippen molar-refractivity contribution in [2.24, 2.45) is 5.41 Å². The molecule has 0 unspecified atom stereocenters. The summed E-state index contributed by atoms with van der Waals surface area (Å²) in [5.41, 5.74) is 0.876. The van der Waals surface area contributed by atoms with Crippen molar-refractivity contribution < 1.29 is 13.2 Å². The molecule has 0 saturated heterocycles. The summed E-state index contributed by atoms with van der Waals surface area (Å²) in [6.07, 6.45) is 0.595. The molecule has 0 saturated carbocycles. The summed E-state index contributed by atoms with van der Waals surface area (Å²) in [6, 6.07) is 5.24. The summed E-state index contributed by atoms with van der Waals surface area (Å²) in [5.74, 6) is 0.611. The van der Waals surface area contributed by atoms with Crippen molar-refractivity contribution in [3.05, 3.63) is 23.3 Å². The van der Waals surface area contributed by atoms with Gasteiger partial charge >= 0.3 is 0 Å². The first-order chi connectivity index (χ1) is 9.08. The van der Waals surface area contributed by atoms with E-state index in [1.165, 1.54) is 6.07 Å². The Kier molecular flexibility index (Phi) is 5.06. The Labute approximate surface area is 124 Å². The molecule has 0 N–H and O–H groups in total. The van der Waals surface area contributed by atoms with Crippen LogP contribution in [0, 0.1) is 30.6 Å². The van der Waals surface area contributed by atoms with Crippen LogP contribution in [-0.2, 0) is 9.05 Å². The van der Waals surface area contributed by atoms with Gasteiger partial charge in [-0.25, -0.2) is 8.42 Å². The summed E-state index contributed by atoms with van der Waals surface area (Å²) in [4.78, 5) is 0.0985. The van der Waals surface area contributed by atoms with E-state index in [1.807, 2.05) is 13.8 Å². The van der Waals surface area contributed by atoms with Gasteiger partial charge in [-0.3, -0.25) is 0 Å². The van der Waals surface area contributed by atoms with Crippen molar-refractivity contribution in [1.29, 1.82) is 5.26 Å². The summed E-state index contributed by atoms with van der Waals surface area (Å²) in [7, 11) is 1.62. The Hall–Kier alpha value is -1.25. The van der Waals surface area contributed by atoms with Crippen molar-refractivity contribution >= 4 is 19.7 Å². The van der Waals surface area contributed by atoms with E-state index < -0.39 is 14.5 Å². The molecule has 0 aliphatic heterocycles. The summed E-state index contributed by atoms with van der Waals surface area (Å²) in [5, 5.41) is 8.93. The highest BCUT2D eigenvalue weighted by Crippen LogP contribution is 2.29. The van der Waals surface area contributed by atoms with Gasteiger partial charge in [0.1, 0.15) is 5.75 Å². The van der Waals surface area contributed by atoms with Crippen LogP contribution in [0.2, 0.25) is 0 Å². The predicted molar refractivity (Wildman–Crippen MR) is 78.5 cm³/mol. The molecule has 0 aromatic heterocycles. The molecule has 0 aliphatic carbocycles. The van der Waals surface area contributed by atoms with E-state index in [2.05, 4.69) is 6.07 Å². The standard InChI is InChI=1S/C14H18ClNO3S/c1-10-11(2)13(20(15,17)18)6-5-12(10)19-8-7-14(3,4)9-16/h5-6H,7-8H2,1-4H3. The Morgan fingerprint density at radius 1 is 1.30 bits per heavy atom. The second-order valence-electron chi connectivity index (χ2n) is 5.34. The molecule has 0 amide bonds. The van der Waals surface area contributed by atoms with E-state index in [0.29, 0.717) is 24.3 Å². The third kappa shape index (κ3) is 4.12. The largest absolute Gasteiger partial charge is 0.493 e. The first-order valence-electron chi connectivity index (χ1n) is 6.17. The molecule has 110 valence electrons. The van der Waals surface area contributed by atoms with Crippen molar-refractivity contribution in [3.63, 3.8) is 0 Å². The molecule has 0 spiro atoms. The molecule has 20 heavy (non-hydrogen) atoms. The molecule has 0 radical (unpaired) electrons. The average Bonchev–Trinajstić information content (AvgIpc) is 2.33. The number of rotatable bonds is 5. The Morgan fingerprint density at radius 3 is 2.40 bits per heavy atom. The van der Waals surface area contributed by atoms with E-state index in [0.717, 1.165) is 5.56 Å². The monoisotopic (exact) mass is 315 g/mol. The number of hydrogen-bond donors (Lipinski definition) is 0. The fraction of sp³-hybridized carbons (Fsp3) is 0.500. The third-order valence-electron chi connectivity index (χ3n) is 3.24. The fourth-order valence-corrected chi connectivity index (χ4v) is 2.91. The van der Waals surface area contributed by atoms with Crippen molar-refractivity contribution in [3.8, 4) is 11.8 Å². The van der Waals surface area contributed by atoms with Gasteiger partial charge in [0.2, 0.25) is 0 Å². The number of benzene rings is 1. The fourth-order valence-electron chi connectivity index (χ4n) is 1.66. The van der Waals surface area contributed by atoms with Gasteiger partial charge in [-0.1, -0.05) is 0 Å². The lowest BCUT2D eigenvalue weighted by molar-refractivity contribution is 0.262. The number of nitriles is 1. The van der Waals surface area contributed by atoms with Crippen LogP contribution in [0.15, 0.2) is 17.0 Å². The first-order valence-corrected chi connectivity index (χ1v) is 8.48. The molecule has 0 heterocycles. The van der Waals surface area contributed by atoms with Gasteiger partial charge in [0.05, 0.1) is 23.0 Å². The van der Waals surface area contributed by atoms with Gasteiger partial charge < -0.3 is 4.74 Å². The molecule has 1 aromatic rings. The van der Waals surface area contributed by atoms with Crippen LogP contribution in [-0.4, -0.2) is 15.0 Å². The maximum atomic E-state index is 11.4. The van der Waals surface area contributed by atoms with E-state index in [4.69, 9.17) is 20.7 Å². The molecule has 4 nitrogen and oxygen atoms in total. The minimum atomic E-state index is -3.75. The lowest BCUT2D eigenvalue weighted by atomic mass is 9.92. The average molecular weight is 316 g/mol. The van der Waals surface area contributed by atoms with Gasteiger partial charge in [-0.2, -0.15) is 5.26 Å². The van der Waals surface area contributed by atoms with Crippen molar-refractivity contribution in [2.75, 3.05) is 6.61 Å². The van der Waals surface area contributed by atoms with E-state index in [9.17, 15) is 8.42 Å². The normalized spacial score (nSPS) is 12.0. The highest BCUT2D eigenvalue weighted by molar-refractivity contribution is 8.13. The smallest absolute Gasteiger partial charge is 0.261 e. The lowest BCUT2D eigenvalue weighted by Gasteiger charge is -2.17. The third-order valence-corrected chi connectivity index (χ3v) is 4.70. The minimum Gasteiger partial charge on any atom is -0.493 e. The first kappa shape index (κ1) is 16.8. The van der Waals surface area contributed by atoms with Crippen LogP contribution in [0.25, 0.3) is 0 Å². The molecule has 0 aliphatic rings. The zero-order chi connectivity index (χ0) is 15.6. The van der Waals surface area contributed by atoms with Gasteiger partial charge in [0.25, 0.3) is 9.05 Å². The molecular weight excluding hydrogens is 298 g/mol. The molecule has 1 rings (SSSR count).